The van der Waals surface area contributed by atoms with Crippen LogP contribution in [0.15, 0.2) is 5.16 Å². The number of carbonyl (C=O) groups is 1. The predicted molar refractivity (Wildman–Crippen MR) is 41.6 cm³/mol. The maximum atomic E-state index is 10.4. The number of hydrogen-bond donors (Lipinski definition) is 1. The number of hydrogen-bond acceptors (Lipinski definition) is 3. The SMILES string of the molecule is CCCCC(=NOC)C(=O)O. The summed E-state index contributed by atoms with van der Waals surface area (Å²) in [6.45, 7) is 1.99. The number of rotatable bonds is 5. The maximum Gasteiger partial charge on any atom is 0.353 e. The van der Waals surface area contributed by atoms with Gasteiger partial charge in [-0.2, -0.15) is 0 Å². The molecular weight excluding hydrogens is 146 g/mol. The molecular formula is C7H13NO3. The Morgan fingerprint density at radius 2 is 2.27 bits per heavy atom. The summed E-state index contributed by atoms with van der Waals surface area (Å²) in [5.74, 6) is -1.000. The lowest BCUT2D eigenvalue weighted by Crippen LogP contribution is -2.12. The van der Waals surface area contributed by atoms with Gasteiger partial charge < -0.3 is 9.94 Å². The van der Waals surface area contributed by atoms with E-state index >= 15 is 0 Å². The van der Waals surface area contributed by atoms with Gasteiger partial charge in [0.1, 0.15) is 7.11 Å². The van der Waals surface area contributed by atoms with E-state index in [2.05, 4.69) is 9.99 Å². The summed E-state index contributed by atoms with van der Waals surface area (Å²) >= 11 is 0. The van der Waals surface area contributed by atoms with Gasteiger partial charge in [0.05, 0.1) is 0 Å². The molecule has 0 heterocycles. The van der Waals surface area contributed by atoms with Gasteiger partial charge in [-0.25, -0.2) is 4.79 Å². The molecule has 0 atom stereocenters. The molecule has 11 heavy (non-hydrogen) atoms. The lowest BCUT2D eigenvalue weighted by molar-refractivity contribution is -0.129. The fourth-order valence-electron chi connectivity index (χ4n) is 0.646. The van der Waals surface area contributed by atoms with Gasteiger partial charge in [0.25, 0.3) is 0 Å². The zero-order chi connectivity index (χ0) is 8.69. The van der Waals surface area contributed by atoms with Crippen molar-refractivity contribution in [2.24, 2.45) is 5.16 Å². The normalized spacial score (nSPS) is 11.3. The molecule has 4 nitrogen and oxygen atoms in total. The fraction of sp³-hybridized carbons (Fsp3) is 0.714. The van der Waals surface area contributed by atoms with Crippen molar-refractivity contribution >= 4 is 11.7 Å². The summed E-state index contributed by atoms with van der Waals surface area (Å²) in [6, 6.07) is 0. The topological polar surface area (TPSA) is 58.9 Å². The zero-order valence-corrected chi connectivity index (χ0v) is 6.83. The van der Waals surface area contributed by atoms with Gasteiger partial charge in [-0.15, -0.1) is 0 Å². The molecule has 64 valence electrons. The number of unbranched alkanes of at least 4 members (excludes halogenated alkanes) is 1. The molecule has 0 saturated carbocycles. The first kappa shape index (κ1) is 9.94. The number of carboxylic acid groups (broad SMARTS) is 1. The van der Waals surface area contributed by atoms with E-state index in [0.29, 0.717) is 6.42 Å². The van der Waals surface area contributed by atoms with Gasteiger partial charge in [0, 0.05) is 6.42 Å². The second-order valence-electron chi connectivity index (χ2n) is 2.13. The van der Waals surface area contributed by atoms with Crippen LogP contribution in [0.25, 0.3) is 0 Å². The molecule has 0 aliphatic carbocycles. The highest BCUT2D eigenvalue weighted by Crippen LogP contribution is 1.97. The van der Waals surface area contributed by atoms with Crippen LogP contribution in [0, 0.1) is 0 Å². The van der Waals surface area contributed by atoms with Crippen molar-refractivity contribution in [2.75, 3.05) is 7.11 Å². The Labute approximate surface area is 65.8 Å². The summed E-state index contributed by atoms with van der Waals surface area (Å²) in [4.78, 5) is 14.8. The van der Waals surface area contributed by atoms with Crippen LogP contribution in [0.3, 0.4) is 0 Å². The summed E-state index contributed by atoms with van der Waals surface area (Å²) in [5, 5.41) is 11.9. The van der Waals surface area contributed by atoms with Crippen molar-refractivity contribution in [1.29, 1.82) is 0 Å². The van der Waals surface area contributed by atoms with Crippen LogP contribution in [0.1, 0.15) is 26.2 Å². The van der Waals surface area contributed by atoms with Gasteiger partial charge >= 0.3 is 5.97 Å². The third kappa shape index (κ3) is 4.36. The highest BCUT2D eigenvalue weighted by atomic mass is 16.6. The Morgan fingerprint density at radius 3 is 2.64 bits per heavy atom. The standard InChI is InChI=1S/C7H13NO3/c1-3-4-5-6(7(9)10)8-11-2/h3-5H2,1-2H3,(H,9,10). The molecule has 0 bridgehead atoms. The minimum absolute atomic E-state index is 0.0920. The van der Waals surface area contributed by atoms with Crippen molar-refractivity contribution in [1.82, 2.24) is 0 Å². The molecule has 0 fully saturated rings. The molecule has 0 aliphatic heterocycles. The van der Waals surface area contributed by atoms with E-state index in [0.717, 1.165) is 12.8 Å². The maximum absolute atomic E-state index is 10.4. The Hall–Kier alpha value is -1.06. The highest BCUT2D eigenvalue weighted by molar-refractivity contribution is 6.35. The van der Waals surface area contributed by atoms with E-state index in [9.17, 15) is 4.79 Å². The van der Waals surface area contributed by atoms with Crippen LogP contribution >= 0.6 is 0 Å². The molecule has 0 amide bonds. The predicted octanol–water partition coefficient (Wildman–Crippen LogP) is 1.26. The van der Waals surface area contributed by atoms with Crippen molar-refractivity contribution in [3.8, 4) is 0 Å². The molecule has 0 saturated heterocycles. The highest BCUT2D eigenvalue weighted by Gasteiger charge is 2.08. The van der Waals surface area contributed by atoms with Crippen molar-refractivity contribution in [3.63, 3.8) is 0 Å². The van der Waals surface area contributed by atoms with E-state index in [1.165, 1.54) is 7.11 Å². The molecule has 4 heteroatoms. The van der Waals surface area contributed by atoms with Crippen molar-refractivity contribution < 1.29 is 14.7 Å². The lowest BCUT2D eigenvalue weighted by Gasteiger charge is -1.97. The number of carboxylic acids is 1. The number of oxime groups is 1. The largest absolute Gasteiger partial charge is 0.477 e. The average Bonchev–Trinajstić information content (AvgIpc) is 1.97. The Kier molecular flexibility index (Phi) is 5.15. The smallest absolute Gasteiger partial charge is 0.353 e. The third-order valence-corrected chi connectivity index (χ3v) is 1.22. The third-order valence-electron chi connectivity index (χ3n) is 1.22. The quantitative estimate of drug-likeness (QED) is 0.485. The van der Waals surface area contributed by atoms with Crippen LogP contribution in [0.5, 0.6) is 0 Å². The van der Waals surface area contributed by atoms with E-state index in [1.807, 2.05) is 6.92 Å². The monoisotopic (exact) mass is 159 g/mol. The zero-order valence-electron chi connectivity index (χ0n) is 6.83. The van der Waals surface area contributed by atoms with E-state index < -0.39 is 5.97 Å². The Balaban J connectivity index is 3.90. The van der Waals surface area contributed by atoms with Gasteiger partial charge in [-0.05, 0) is 6.42 Å². The minimum Gasteiger partial charge on any atom is -0.477 e. The molecule has 0 rings (SSSR count). The second kappa shape index (κ2) is 5.70. The lowest BCUT2D eigenvalue weighted by atomic mass is 10.2. The molecule has 0 aromatic rings. The van der Waals surface area contributed by atoms with Crippen LogP contribution in [-0.4, -0.2) is 23.9 Å². The van der Waals surface area contributed by atoms with Crippen molar-refractivity contribution in [2.45, 2.75) is 26.2 Å². The van der Waals surface area contributed by atoms with Gasteiger partial charge in [0.2, 0.25) is 0 Å². The van der Waals surface area contributed by atoms with Crippen LogP contribution < -0.4 is 0 Å². The van der Waals surface area contributed by atoms with E-state index in [4.69, 9.17) is 5.11 Å². The van der Waals surface area contributed by atoms with E-state index in [-0.39, 0.29) is 5.71 Å². The van der Waals surface area contributed by atoms with E-state index in [1.54, 1.807) is 0 Å². The number of nitrogens with zero attached hydrogens (tertiary/aromatic N) is 1. The Morgan fingerprint density at radius 1 is 1.64 bits per heavy atom. The summed E-state index contributed by atoms with van der Waals surface area (Å²) in [6.07, 6.45) is 2.25. The minimum atomic E-state index is -1.000. The van der Waals surface area contributed by atoms with Gasteiger partial charge in [-0.3, -0.25) is 0 Å². The molecule has 0 radical (unpaired) electrons. The van der Waals surface area contributed by atoms with Crippen LogP contribution in [0.4, 0.5) is 0 Å². The Bertz CT molecular complexity index is 154. The molecule has 0 aromatic heterocycles. The molecule has 1 N–H and O–H groups in total. The molecule has 0 unspecified atom stereocenters. The second-order valence-corrected chi connectivity index (χ2v) is 2.13. The molecule has 0 spiro atoms. The van der Waals surface area contributed by atoms with Gasteiger partial charge in [0.15, 0.2) is 5.71 Å². The first-order chi connectivity index (χ1) is 5.22. The first-order valence-corrected chi connectivity index (χ1v) is 3.55. The van der Waals surface area contributed by atoms with Gasteiger partial charge in [-0.1, -0.05) is 18.5 Å². The molecule has 0 aromatic carbocycles. The van der Waals surface area contributed by atoms with Crippen LogP contribution in [0.2, 0.25) is 0 Å². The first-order valence-electron chi connectivity index (χ1n) is 3.55. The van der Waals surface area contributed by atoms with Crippen molar-refractivity contribution in [3.05, 3.63) is 0 Å². The summed E-state index contributed by atoms with van der Waals surface area (Å²) < 4.78 is 0. The molecule has 0 aliphatic rings. The summed E-state index contributed by atoms with van der Waals surface area (Å²) in [7, 11) is 1.34. The fourth-order valence-corrected chi connectivity index (χ4v) is 0.646. The van der Waals surface area contributed by atoms with Crippen LogP contribution in [-0.2, 0) is 9.63 Å². The average molecular weight is 159 g/mol. The summed E-state index contributed by atoms with van der Waals surface area (Å²) in [5.41, 5.74) is 0.0920. The number of aliphatic carboxylic acids is 1.